The minimum atomic E-state index is -0.844. The molecule has 0 aliphatic heterocycles. The smallest absolute Gasteiger partial charge is 0.323 e. The van der Waals surface area contributed by atoms with Crippen LogP contribution in [0.15, 0.2) is 12.4 Å². The van der Waals surface area contributed by atoms with Gasteiger partial charge in [-0.3, -0.25) is 4.79 Å². The molecule has 1 unspecified atom stereocenters. The Labute approximate surface area is 122 Å². The van der Waals surface area contributed by atoms with Crippen molar-refractivity contribution in [2.45, 2.75) is 39.7 Å². The molecule has 1 N–H and O–H groups in total. The second kappa shape index (κ2) is 6.17. The Morgan fingerprint density at radius 3 is 2.80 bits per heavy atom. The van der Waals surface area contributed by atoms with Crippen LogP contribution in [0, 0.1) is 0 Å². The summed E-state index contributed by atoms with van der Waals surface area (Å²) in [6.45, 7) is 6.12. The number of hydrogen-bond acceptors (Lipinski definition) is 5. The van der Waals surface area contributed by atoms with Crippen LogP contribution in [0.1, 0.15) is 32.1 Å². The van der Waals surface area contributed by atoms with Crippen LogP contribution in [-0.4, -0.2) is 33.6 Å². The summed E-state index contributed by atoms with van der Waals surface area (Å²) in [5.74, 6) is -0.120. The normalized spacial score (nSPS) is 12.6. The maximum atomic E-state index is 11.1. The molecule has 2 aromatic rings. The molecule has 0 aromatic carbocycles. The van der Waals surface area contributed by atoms with E-state index in [1.807, 2.05) is 18.7 Å². The molecule has 5 nitrogen and oxygen atoms in total. The maximum absolute atomic E-state index is 11.1. The zero-order chi connectivity index (χ0) is 14.7. The average Bonchev–Trinajstić information content (AvgIpc) is 2.86. The molecule has 0 saturated carbocycles. The summed E-state index contributed by atoms with van der Waals surface area (Å²) >= 11 is 1.64. The molecule has 0 fully saturated rings. The minimum absolute atomic E-state index is 0.0432. The van der Waals surface area contributed by atoms with Crippen LogP contribution >= 0.6 is 11.3 Å². The molecular formula is C14H19N3O2S. The molecule has 0 aliphatic carbocycles. The molecule has 1 atom stereocenters. The van der Waals surface area contributed by atoms with Gasteiger partial charge in [0.25, 0.3) is 0 Å². The third kappa shape index (κ3) is 2.90. The highest BCUT2D eigenvalue weighted by molar-refractivity contribution is 7.18. The Hall–Kier alpha value is -1.69. The summed E-state index contributed by atoms with van der Waals surface area (Å²) in [7, 11) is 0. The first-order chi connectivity index (χ1) is 9.56. The van der Waals surface area contributed by atoms with Gasteiger partial charge in [-0.15, -0.1) is 11.3 Å². The van der Waals surface area contributed by atoms with Crippen molar-refractivity contribution in [3.05, 3.63) is 17.3 Å². The summed E-state index contributed by atoms with van der Waals surface area (Å²) in [5, 5.41) is 10.1. The molecule has 0 aliphatic rings. The molecule has 20 heavy (non-hydrogen) atoms. The topological polar surface area (TPSA) is 66.3 Å². The van der Waals surface area contributed by atoms with Gasteiger partial charge < -0.3 is 10.0 Å². The van der Waals surface area contributed by atoms with E-state index >= 15 is 0 Å². The van der Waals surface area contributed by atoms with Crippen molar-refractivity contribution in [3.8, 4) is 0 Å². The number of carboxylic acid groups (broad SMARTS) is 1. The van der Waals surface area contributed by atoms with Crippen molar-refractivity contribution in [3.63, 3.8) is 0 Å². The van der Waals surface area contributed by atoms with Gasteiger partial charge in [0.2, 0.25) is 0 Å². The fraction of sp³-hybridized carbons (Fsp3) is 0.500. The molecule has 2 heterocycles. The van der Waals surface area contributed by atoms with Gasteiger partial charge >= 0.3 is 5.97 Å². The van der Waals surface area contributed by atoms with Gasteiger partial charge in [0, 0.05) is 10.9 Å². The molecule has 2 aromatic heterocycles. The zero-order valence-electron chi connectivity index (χ0n) is 12.0. The number of aromatic nitrogens is 2. The zero-order valence-corrected chi connectivity index (χ0v) is 12.8. The highest BCUT2D eigenvalue weighted by Gasteiger charge is 2.21. The summed E-state index contributed by atoms with van der Waals surface area (Å²) < 4.78 is 0. The fourth-order valence-corrected chi connectivity index (χ4v) is 3.03. The Morgan fingerprint density at radius 2 is 2.20 bits per heavy atom. The van der Waals surface area contributed by atoms with Crippen LogP contribution in [0.3, 0.4) is 0 Å². The van der Waals surface area contributed by atoms with E-state index in [9.17, 15) is 4.79 Å². The molecule has 0 amide bonds. The van der Waals surface area contributed by atoms with Gasteiger partial charge in [0.15, 0.2) is 0 Å². The number of aliphatic carboxylic acids is 1. The lowest BCUT2D eigenvalue weighted by atomic mass is 10.2. The molecule has 0 radical (unpaired) electrons. The molecule has 0 saturated heterocycles. The lowest BCUT2D eigenvalue weighted by Gasteiger charge is -2.28. The molecular weight excluding hydrogens is 274 g/mol. The predicted octanol–water partition coefficient (Wildman–Crippen LogP) is 2.94. The van der Waals surface area contributed by atoms with Crippen molar-refractivity contribution in [2.24, 2.45) is 0 Å². The molecule has 0 spiro atoms. The number of hydrogen-bond donors (Lipinski definition) is 1. The van der Waals surface area contributed by atoms with Crippen LogP contribution in [0.4, 0.5) is 5.82 Å². The summed E-state index contributed by atoms with van der Waals surface area (Å²) in [4.78, 5) is 23.7. The van der Waals surface area contributed by atoms with E-state index in [-0.39, 0.29) is 12.6 Å². The Kier molecular flexibility index (Phi) is 4.54. The maximum Gasteiger partial charge on any atom is 0.323 e. The first-order valence-corrected chi connectivity index (χ1v) is 7.60. The largest absolute Gasteiger partial charge is 0.480 e. The Balaban J connectivity index is 2.51. The lowest BCUT2D eigenvalue weighted by Crippen LogP contribution is -2.37. The fourth-order valence-electron chi connectivity index (χ4n) is 2.10. The van der Waals surface area contributed by atoms with Crippen LogP contribution in [-0.2, 0) is 11.2 Å². The second-order valence-electron chi connectivity index (χ2n) is 4.76. The lowest BCUT2D eigenvalue weighted by molar-refractivity contribution is -0.135. The molecule has 0 bridgehead atoms. The van der Waals surface area contributed by atoms with E-state index < -0.39 is 5.97 Å². The third-order valence-corrected chi connectivity index (χ3v) is 4.60. The van der Waals surface area contributed by atoms with Crippen molar-refractivity contribution < 1.29 is 9.90 Å². The first kappa shape index (κ1) is 14.7. The van der Waals surface area contributed by atoms with Gasteiger partial charge in [-0.05, 0) is 25.8 Å². The third-order valence-electron chi connectivity index (χ3n) is 3.41. The molecule has 2 rings (SSSR count). The molecule has 6 heteroatoms. The number of nitrogens with zero attached hydrogens (tertiary/aromatic N) is 3. The Bertz CT molecular complexity index is 611. The van der Waals surface area contributed by atoms with Crippen LogP contribution < -0.4 is 4.90 Å². The number of carbonyl (C=O) groups is 1. The summed E-state index contributed by atoms with van der Waals surface area (Å²) in [6.07, 6.45) is 3.33. The second-order valence-corrected chi connectivity index (χ2v) is 5.88. The van der Waals surface area contributed by atoms with Gasteiger partial charge in [-0.2, -0.15) is 0 Å². The average molecular weight is 293 g/mol. The van der Waals surface area contributed by atoms with E-state index in [0.29, 0.717) is 0 Å². The minimum Gasteiger partial charge on any atom is -0.480 e. The Morgan fingerprint density at radius 1 is 1.45 bits per heavy atom. The van der Waals surface area contributed by atoms with E-state index in [1.54, 1.807) is 11.3 Å². The first-order valence-electron chi connectivity index (χ1n) is 6.78. The standard InChI is InChI=1S/C14H19N3O2S/c1-4-9(3)17(7-12(18)19)13-11-6-10(5-2)20-14(11)16-8-15-13/h6,8-9H,4-5,7H2,1-3H3,(H,18,19). The van der Waals surface area contributed by atoms with E-state index in [1.165, 1.54) is 11.2 Å². The van der Waals surface area contributed by atoms with Crippen LogP contribution in [0.5, 0.6) is 0 Å². The molecule has 108 valence electrons. The number of anilines is 1. The number of rotatable bonds is 6. The van der Waals surface area contributed by atoms with Crippen LogP contribution in [0.2, 0.25) is 0 Å². The number of aryl methyl sites for hydroxylation is 1. The van der Waals surface area contributed by atoms with Crippen molar-refractivity contribution >= 4 is 33.3 Å². The number of thiophene rings is 1. The number of carboxylic acids is 1. The van der Waals surface area contributed by atoms with Crippen LogP contribution in [0.25, 0.3) is 10.2 Å². The van der Waals surface area contributed by atoms with E-state index in [2.05, 4.69) is 23.0 Å². The van der Waals surface area contributed by atoms with Gasteiger partial charge in [0.05, 0.1) is 5.39 Å². The summed E-state index contributed by atoms with van der Waals surface area (Å²) in [6, 6.07) is 2.20. The summed E-state index contributed by atoms with van der Waals surface area (Å²) in [5.41, 5.74) is 0. The SMILES string of the molecule is CCc1cc2c(N(CC(=O)O)C(C)CC)ncnc2s1. The highest BCUT2D eigenvalue weighted by Crippen LogP contribution is 2.31. The van der Waals surface area contributed by atoms with Crippen molar-refractivity contribution in [1.82, 2.24) is 9.97 Å². The monoisotopic (exact) mass is 293 g/mol. The van der Waals surface area contributed by atoms with Crippen molar-refractivity contribution in [1.29, 1.82) is 0 Å². The number of fused-ring (bicyclic) bond motifs is 1. The van der Waals surface area contributed by atoms with Gasteiger partial charge in [-0.1, -0.05) is 13.8 Å². The predicted molar refractivity (Wildman–Crippen MR) is 81.5 cm³/mol. The van der Waals surface area contributed by atoms with Gasteiger partial charge in [-0.25, -0.2) is 9.97 Å². The van der Waals surface area contributed by atoms with E-state index in [4.69, 9.17) is 5.11 Å². The highest BCUT2D eigenvalue weighted by atomic mass is 32.1. The quantitative estimate of drug-likeness (QED) is 0.887. The van der Waals surface area contributed by atoms with Gasteiger partial charge in [0.1, 0.15) is 23.5 Å². The van der Waals surface area contributed by atoms with Crippen molar-refractivity contribution in [2.75, 3.05) is 11.4 Å². The van der Waals surface area contributed by atoms with E-state index in [0.717, 1.165) is 28.9 Å².